The fourth-order valence-electron chi connectivity index (χ4n) is 8.04. The van der Waals surface area contributed by atoms with Crippen molar-refractivity contribution in [2.45, 2.75) is 96.2 Å². The third kappa shape index (κ3) is 19.2. The predicted molar refractivity (Wildman–Crippen MR) is 319 cm³/mol. The van der Waals surface area contributed by atoms with Crippen LogP contribution in [0.5, 0.6) is 0 Å². The summed E-state index contributed by atoms with van der Waals surface area (Å²) in [7, 11) is -22.6. The maximum absolute atomic E-state index is 11.7. The number of thiophene rings is 2. The van der Waals surface area contributed by atoms with Crippen LogP contribution in [0.25, 0.3) is 5.69 Å². The van der Waals surface area contributed by atoms with E-state index < -0.39 is 121 Å². The Balaban J connectivity index is 0.000000371. The number of carbonyl (C=O) groups is 6. The van der Waals surface area contributed by atoms with Crippen molar-refractivity contribution >= 4 is 130 Å². The molecule has 0 aliphatic carbocycles. The zero-order chi connectivity index (χ0) is 70.2. The Bertz CT molecular complexity index is 4670. The minimum atomic E-state index is -4.12. The molecule has 0 fully saturated rings. The molecular formula is C47H57ClN8O26S8. The van der Waals surface area contributed by atoms with E-state index in [1.165, 1.54) is 50.6 Å². The van der Waals surface area contributed by atoms with Crippen molar-refractivity contribution in [3.05, 3.63) is 131 Å². The number of para-hydroxylation sites is 1. The molecular weight excluding hydrogens is 1380 g/mol. The number of primary sulfonamides is 6. The molecule has 0 bridgehead atoms. The van der Waals surface area contributed by atoms with Crippen molar-refractivity contribution in [3.63, 3.8) is 0 Å². The number of halogens is 1. The lowest BCUT2D eigenvalue weighted by Crippen LogP contribution is -2.17. The van der Waals surface area contributed by atoms with E-state index in [2.05, 4.69) is 0 Å². The highest BCUT2D eigenvalue weighted by atomic mass is 35.5. The molecule has 6 aromatic heterocycles. The van der Waals surface area contributed by atoms with Crippen LogP contribution in [0.2, 0.25) is 4.34 Å². The number of carboxylic acid groups (broad SMARTS) is 6. The lowest BCUT2D eigenvalue weighted by Gasteiger charge is -2.09. The van der Waals surface area contributed by atoms with Gasteiger partial charge in [-0.15, -0.1) is 22.7 Å². The molecule has 18 N–H and O–H groups in total. The number of carboxylic acids is 6. The van der Waals surface area contributed by atoms with E-state index in [1.807, 2.05) is 6.07 Å². The van der Waals surface area contributed by atoms with Gasteiger partial charge >= 0.3 is 35.8 Å². The van der Waals surface area contributed by atoms with Gasteiger partial charge in [-0.1, -0.05) is 43.6 Å². The second-order valence-corrected chi connectivity index (χ2v) is 29.8. The number of aromatic carboxylic acids is 6. The van der Waals surface area contributed by atoms with E-state index >= 15 is 0 Å². The zero-order valence-corrected chi connectivity index (χ0v) is 55.2. The molecule has 0 saturated heterocycles. The van der Waals surface area contributed by atoms with Gasteiger partial charge in [0, 0.05) is 48.4 Å². The molecule has 0 radical (unpaired) electrons. The normalized spacial score (nSPS) is 11.6. The molecule has 43 heteroatoms. The molecule has 0 amide bonds. The van der Waals surface area contributed by atoms with Gasteiger partial charge in [-0.25, -0.2) is 110 Å². The van der Waals surface area contributed by atoms with Crippen LogP contribution in [0.3, 0.4) is 0 Å². The second-order valence-electron chi connectivity index (χ2n) is 17.7. The molecule has 6 heterocycles. The van der Waals surface area contributed by atoms with E-state index in [1.54, 1.807) is 56.7 Å². The lowest BCUT2D eigenvalue weighted by molar-refractivity contribution is 0.0680. The Morgan fingerprint density at radius 2 is 0.878 bits per heavy atom. The first kappa shape index (κ1) is 78.4. The average Bonchev–Trinajstić information content (AvgIpc) is 1.63. The maximum Gasteiger partial charge on any atom is 0.340 e. The number of nitrogens with two attached hydrogens (primary N) is 6. The van der Waals surface area contributed by atoms with Crippen LogP contribution in [0.1, 0.15) is 122 Å². The summed E-state index contributed by atoms with van der Waals surface area (Å²) in [5, 5.41) is 83.8. The van der Waals surface area contributed by atoms with Crippen molar-refractivity contribution in [1.29, 1.82) is 0 Å². The van der Waals surface area contributed by atoms with Crippen LogP contribution >= 0.6 is 34.3 Å². The van der Waals surface area contributed by atoms with Crippen LogP contribution in [-0.4, -0.2) is 126 Å². The number of nitrogens with zero attached hydrogens (tertiary/aromatic N) is 2. The summed E-state index contributed by atoms with van der Waals surface area (Å²) in [6.07, 6.45) is 0.566. The van der Waals surface area contributed by atoms with Crippen LogP contribution in [0.4, 0.5) is 0 Å². The van der Waals surface area contributed by atoms with E-state index in [-0.39, 0.29) is 75.7 Å². The van der Waals surface area contributed by atoms with Gasteiger partial charge in [0.15, 0.2) is 4.21 Å². The molecule has 0 saturated carbocycles. The molecule has 0 aliphatic rings. The molecule has 0 atom stereocenters. The average molecular weight is 1440 g/mol. The minimum absolute atomic E-state index is 0.0117. The Morgan fingerprint density at radius 3 is 1.20 bits per heavy atom. The molecule has 7 aromatic rings. The fraction of sp³-hybridized carbons (Fsp3) is 0.234. The number of hydrogen-bond donors (Lipinski definition) is 12. The molecule has 34 nitrogen and oxygen atoms in total. The van der Waals surface area contributed by atoms with Gasteiger partial charge in [0.2, 0.25) is 60.1 Å². The number of hydrogen-bond acceptors (Lipinski definition) is 22. The van der Waals surface area contributed by atoms with Crippen LogP contribution in [0.15, 0.2) is 84.7 Å². The van der Waals surface area contributed by atoms with E-state index in [4.69, 9.17) is 76.8 Å². The highest BCUT2D eigenvalue weighted by Gasteiger charge is 2.33. The topological polar surface area (TPSA) is 621 Å². The molecule has 90 heavy (non-hydrogen) atoms. The summed E-state index contributed by atoms with van der Waals surface area (Å²) in [6, 6.07) is 11.2. The van der Waals surface area contributed by atoms with Gasteiger partial charge in [-0.2, -0.15) is 0 Å². The second kappa shape index (κ2) is 30.0. The van der Waals surface area contributed by atoms with Crippen molar-refractivity contribution in [2.24, 2.45) is 37.9 Å². The van der Waals surface area contributed by atoms with Crippen molar-refractivity contribution in [3.8, 4) is 5.69 Å². The van der Waals surface area contributed by atoms with Crippen LogP contribution in [-0.2, 0) is 80.0 Å². The molecule has 7 rings (SSSR count). The summed E-state index contributed by atoms with van der Waals surface area (Å²) < 4.78 is 146. The van der Waals surface area contributed by atoms with Crippen molar-refractivity contribution < 1.29 is 119 Å². The first-order valence-electron chi connectivity index (χ1n) is 23.9. The summed E-state index contributed by atoms with van der Waals surface area (Å²) in [6.45, 7) is 12.2. The largest absolute Gasteiger partial charge is 0.478 e. The lowest BCUT2D eigenvalue weighted by atomic mass is 10.2. The van der Waals surface area contributed by atoms with Gasteiger partial charge in [0.05, 0.1) is 15.5 Å². The Morgan fingerprint density at radius 1 is 0.467 bits per heavy atom. The molecule has 0 unspecified atom stereocenters. The molecule has 0 spiro atoms. The number of furan rings is 2. The molecule has 0 aliphatic heterocycles. The van der Waals surface area contributed by atoms with E-state index in [9.17, 15) is 84.4 Å². The molecule has 496 valence electrons. The number of rotatable bonds is 15. The Hall–Kier alpha value is -7.69. The number of aryl methyl sites for hydroxylation is 4. The van der Waals surface area contributed by atoms with Gasteiger partial charge in [-0.05, 0) is 71.2 Å². The summed E-state index contributed by atoms with van der Waals surface area (Å²) in [5.74, 6) is -7.74. The Kier molecular flexibility index (Phi) is 26.1. The van der Waals surface area contributed by atoms with Gasteiger partial charge in [0.1, 0.15) is 69.1 Å². The third-order valence-corrected chi connectivity index (χ3v) is 21.0. The highest BCUT2D eigenvalue weighted by Crippen LogP contribution is 2.32. The van der Waals surface area contributed by atoms with Gasteiger partial charge in [-0.3, -0.25) is 0 Å². The highest BCUT2D eigenvalue weighted by molar-refractivity contribution is 7.92. The van der Waals surface area contributed by atoms with E-state index in [0.717, 1.165) is 17.4 Å². The summed E-state index contributed by atoms with van der Waals surface area (Å²) >= 11 is 6.86. The number of benzene rings is 1. The third-order valence-electron chi connectivity index (χ3n) is 11.6. The SMILES string of the molecule is CCc1oc(CC)c(S(N)(=O)=O)c1C(=O)O.Cc1c(C(=O)O)c(S(N)(=O)=O)c(C)n1-c1ccccc1.Cc1c(C(=O)O)c(S(N)(=O)=O)c(C)n1C.Cc1oc(C)c(S(N)(=O)=O)c1C(=O)O.NS(=O)(=O)c1sc(Cl)cc1C(=O)O.NS(=O)(=O)c1sccc1C(=O)O. The minimum Gasteiger partial charge on any atom is -0.478 e. The van der Waals surface area contributed by atoms with Crippen molar-refractivity contribution in [2.75, 3.05) is 0 Å². The zero-order valence-electron chi connectivity index (χ0n) is 47.9. The van der Waals surface area contributed by atoms with Crippen molar-refractivity contribution in [1.82, 2.24) is 9.13 Å². The summed E-state index contributed by atoms with van der Waals surface area (Å²) in [5.41, 5.74) is 0.0355. The standard InChI is InChI=1S/C13H14N2O4S.C9H13NO5S.C8H12N2O4S.C7H9NO5S.C5H4ClNO4S2.C5H5NO4S2/c1-8-11(13(16)17)12(20(14,18)19)9(2)15(8)10-6-4-3-5-7-10;1-3-5-7(9(11)12)8(16(10,13)14)6(4-2)15-5;1-4-6(8(11)12)7(15(9,13)14)5(2)10(4)3;1-3-5(7(9)10)6(4(2)13-3)14(8,11)12;6-3-1-2(4(8)9)5(12-3)13(7,10)11;6-12(9,10)5-3(4(7)8)1-2-11-5/h3-7H,1-2H3,(H,16,17)(H2,14,18,19);3-4H2,1-2H3,(H,11,12)(H2,10,13,14);1-3H3,(H,11,12)(H2,9,13,14);1-2H3,(H,9,10)(H2,8,11,12);1H,(H,8,9)(H2,7,10,11);1-2H,(H,7,8)(H2,6,9,10). The smallest absolute Gasteiger partial charge is 0.340 e. The number of aromatic nitrogens is 2. The fourth-order valence-corrected chi connectivity index (χ4v) is 16.1. The quantitative estimate of drug-likeness (QED) is 0.0701. The molecule has 1 aromatic carbocycles. The van der Waals surface area contributed by atoms with Gasteiger partial charge < -0.3 is 48.6 Å². The number of sulfonamides is 6. The van der Waals surface area contributed by atoms with Gasteiger partial charge in [0.25, 0.3) is 0 Å². The maximum atomic E-state index is 11.7. The van der Waals surface area contributed by atoms with Crippen LogP contribution < -0.4 is 30.8 Å². The Labute approximate surface area is 525 Å². The first-order valence-corrected chi connectivity index (χ1v) is 35.2. The summed E-state index contributed by atoms with van der Waals surface area (Å²) in [4.78, 5) is 63.4. The monoisotopic (exact) mass is 1440 g/mol. The predicted octanol–water partition coefficient (Wildman–Crippen LogP) is 3.26. The van der Waals surface area contributed by atoms with Crippen LogP contribution in [0, 0.1) is 41.5 Å². The first-order chi connectivity index (χ1) is 40.7. The van der Waals surface area contributed by atoms with E-state index in [0.29, 0.717) is 40.5 Å².